The van der Waals surface area contributed by atoms with Gasteiger partial charge in [0.15, 0.2) is 0 Å². The van der Waals surface area contributed by atoms with E-state index < -0.39 is 76.8 Å². The van der Waals surface area contributed by atoms with Gasteiger partial charge in [0.25, 0.3) is 0 Å². The summed E-state index contributed by atoms with van der Waals surface area (Å²) in [5, 5.41) is 2.71. The van der Waals surface area contributed by atoms with Crippen LogP contribution in [0.5, 0.6) is 5.75 Å². The predicted molar refractivity (Wildman–Crippen MR) is 129 cm³/mol. The molecule has 0 heterocycles. The molecule has 0 radical (unpaired) electrons. The van der Waals surface area contributed by atoms with E-state index in [1.165, 1.54) is 13.8 Å². The topological polar surface area (TPSA) is 90.9 Å². The van der Waals surface area contributed by atoms with Gasteiger partial charge in [-0.1, -0.05) is 65.0 Å². The van der Waals surface area contributed by atoms with Crippen LogP contribution in [0, 0.1) is 46.8 Å². The fourth-order valence-corrected chi connectivity index (χ4v) is 3.74. The molecule has 39 heavy (non-hydrogen) atoms. The lowest BCUT2D eigenvalue weighted by Crippen LogP contribution is -2.44. The van der Waals surface area contributed by atoms with Gasteiger partial charge in [0.05, 0.1) is 6.42 Å². The first kappa shape index (κ1) is 31.5. The molecular formula is C27H30F5NO6. The van der Waals surface area contributed by atoms with E-state index in [2.05, 4.69) is 10.1 Å². The standard InChI is InChI=1S/C27H30F5NO6/c1-13(2)23(33-27(36)37-12-16-9-7-6-8-10-16)15(5)11-17(34)38-24(14(3)4)26(35)39-25-21(31)19(29)18(28)20(30)22(25)32/h6-10,13-15,23-24H,11-12H2,1-5H3,(H,33,36)/t15-,23+,24-/m0/s1. The molecule has 12 heteroatoms. The van der Waals surface area contributed by atoms with Crippen molar-refractivity contribution in [3.8, 4) is 5.75 Å². The molecule has 0 aliphatic carbocycles. The van der Waals surface area contributed by atoms with Crippen molar-refractivity contribution >= 4 is 18.0 Å². The average molecular weight is 560 g/mol. The summed E-state index contributed by atoms with van der Waals surface area (Å²) in [4.78, 5) is 37.5. The van der Waals surface area contributed by atoms with Gasteiger partial charge in [0, 0.05) is 12.0 Å². The fourth-order valence-electron chi connectivity index (χ4n) is 3.74. The Bertz CT molecular complexity index is 1150. The van der Waals surface area contributed by atoms with Crippen LogP contribution in [0.15, 0.2) is 30.3 Å². The zero-order valence-electron chi connectivity index (χ0n) is 22.0. The molecule has 0 saturated carbocycles. The molecule has 0 bridgehead atoms. The van der Waals surface area contributed by atoms with E-state index in [-0.39, 0.29) is 18.9 Å². The highest BCUT2D eigenvalue weighted by Crippen LogP contribution is 2.30. The van der Waals surface area contributed by atoms with Gasteiger partial charge >= 0.3 is 18.0 Å². The Labute approximate surface area is 222 Å². The summed E-state index contributed by atoms with van der Waals surface area (Å²) in [5.41, 5.74) is 0.780. The van der Waals surface area contributed by atoms with Gasteiger partial charge in [-0.2, -0.15) is 8.78 Å². The Kier molecular flexibility index (Phi) is 11.2. The summed E-state index contributed by atoms with van der Waals surface area (Å²) in [5.74, 6) is -17.4. The minimum Gasteiger partial charge on any atom is -0.450 e. The first-order valence-corrected chi connectivity index (χ1v) is 12.1. The maximum absolute atomic E-state index is 13.9. The highest BCUT2D eigenvalue weighted by molar-refractivity contribution is 5.81. The Morgan fingerprint density at radius 2 is 1.33 bits per heavy atom. The summed E-state index contributed by atoms with van der Waals surface area (Å²) in [7, 11) is 0. The predicted octanol–water partition coefficient (Wildman–Crippen LogP) is 5.83. The van der Waals surface area contributed by atoms with Crippen LogP contribution in [-0.4, -0.2) is 30.2 Å². The summed E-state index contributed by atoms with van der Waals surface area (Å²) < 4.78 is 82.9. The lowest BCUT2D eigenvalue weighted by Gasteiger charge is -2.28. The van der Waals surface area contributed by atoms with E-state index in [1.54, 1.807) is 31.2 Å². The molecule has 2 rings (SSSR count). The van der Waals surface area contributed by atoms with Crippen molar-refractivity contribution in [1.82, 2.24) is 5.32 Å². The van der Waals surface area contributed by atoms with Crippen molar-refractivity contribution in [2.24, 2.45) is 17.8 Å². The van der Waals surface area contributed by atoms with Crippen molar-refractivity contribution in [2.75, 3.05) is 0 Å². The van der Waals surface area contributed by atoms with E-state index in [4.69, 9.17) is 9.47 Å². The number of benzene rings is 2. The number of esters is 2. The third-order valence-electron chi connectivity index (χ3n) is 5.79. The normalized spacial score (nSPS) is 13.5. The van der Waals surface area contributed by atoms with E-state index in [0.717, 1.165) is 5.56 Å². The molecule has 0 aliphatic rings. The van der Waals surface area contributed by atoms with Crippen LogP contribution in [-0.2, 0) is 25.7 Å². The Hall–Kier alpha value is -3.70. The molecule has 1 N–H and O–H groups in total. The third kappa shape index (κ3) is 8.39. The van der Waals surface area contributed by atoms with Gasteiger partial charge in [0.2, 0.25) is 40.9 Å². The molecule has 0 saturated heterocycles. The molecule has 7 nitrogen and oxygen atoms in total. The lowest BCUT2D eigenvalue weighted by atomic mass is 9.89. The van der Waals surface area contributed by atoms with Gasteiger partial charge in [0.1, 0.15) is 6.61 Å². The molecule has 214 valence electrons. The second-order valence-corrected chi connectivity index (χ2v) is 9.63. The van der Waals surface area contributed by atoms with Crippen LogP contribution in [0.4, 0.5) is 26.7 Å². The van der Waals surface area contributed by atoms with Crippen LogP contribution in [0.1, 0.15) is 46.6 Å². The van der Waals surface area contributed by atoms with Crippen LogP contribution < -0.4 is 10.1 Å². The lowest BCUT2D eigenvalue weighted by molar-refractivity contribution is -0.166. The smallest absolute Gasteiger partial charge is 0.407 e. The Morgan fingerprint density at radius 3 is 1.85 bits per heavy atom. The van der Waals surface area contributed by atoms with Crippen LogP contribution in [0.2, 0.25) is 0 Å². The molecule has 0 fully saturated rings. The summed E-state index contributed by atoms with van der Waals surface area (Å²) in [6.45, 7) is 8.14. The van der Waals surface area contributed by atoms with Gasteiger partial charge in [-0.05, 0) is 17.4 Å². The number of halogens is 5. The van der Waals surface area contributed by atoms with Gasteiger partial charge in [-0.25, -0.2) is 22.8 Å². The minimum absolute atomic E-state index is 0.0368. The zero-order chi connectivity index (χ0) is 29.4. The number of nitrogens with one attached hydrogen (secondary N) is 1. The molecule has 1 amide bonds. The van der Waals surface area contributed by atoms with E-state index in [1.807, 2.05) is 19.9 Å². The zero-order valence-corrected chi connectivity index (χ0v) is 22.0. The fraction of sp³-hybridized carbons (Fsp3) is 0.444. The second-order valence-electron chi connectivity index (χ2n) is 9.63. The second kappa shape index (κ2) is 13.9. The summed E-state index contributed by atoms with van der Waals surface area (Å²) >= 11 is 0. The molecule has 2 aromatic rings. The number of alkyl carbamates (subject to hydrolysis) is 1. The minimum atomic E-state index is -2.41. The van der Waals surface area contributed by atoms with Crippen molar-refractivity contribution in [3.63, 3.8) is 0 Å². The highest BCUT2D eigenvalue weighted by atomic mass is 19.2. The van der Waals surface area contributed by atoms with E-state index in [0.29, 0.717) is 0 Å². The number of carbonyl (C=O) groups is 3. The average Bonchev–Trinajstić information content (AvgIpc) is 2.89. The first-order chi connectivity index (χ1) is 18.2. The number of ether oxygens (including phenoxy) is 3. The summed E-state index contributed by atoms with van der Waals surface area (Å²) in [6, 6.07) is 8.44. The maximum Gasteiger partial charge on any atom is 0.407 e. The third-order valence-corrected chi connectivity index (χ3v) is 5.79. The van der Waals surface area contributed by atoms with Crippen LogP contribution >= 0.6 is 0 Å². The number of carbonyl (C=O) groups excluding carboxylic acids is 3. The molecule has 0 spiro atoms. The number of rotatable bonds is 11. The highest BCUT2D eigenvalue weighted by Gasteiger charge is 2.35. The molecule has 2 aromatic carbocycles. The van der Waals surface area contributed by atoms with Crippen molar-refractivity contribution < 1.29 is 50.5 Å². The van der Waals surface area contributed by atoms with Crippen molar-refractivity contribution in [3.05, 3.63) is 65.0 Å². The molecule has 0 aromatic heterocycles. The summed E-state index contributed by atoms with van der Waals surface area (Å²) in [6.07, 6.45) is -2.72. The van der Waals surface area contributed by atoms with Gasteiger partial charge < -0.3 is 19.5 Å². The quantitative estimate of drug-likeness (QED) is 0.122. The van der Waals surface area contributed by atoms with Gasteiger partial charge in [-0.15, -0.1) is 0 Å². The van der Waals surface area contributed by atoms with Crippen molar-refractivity contribution in [2.45, 2.75) is 59.8 Å². The number of amides is 1. The number of hydrogen-bond acceptors (Lipinski definition) is 6. The molecule has 0 unspecified atom stereocenters. The molecule has 0 aliphatic heterocycles. The van der Waals surface area contributed by atoms with Crippen LogP contribution in [0.3, 0.4) is 0 Å². The Morgan fingerprint density at radius 1 is 0.795 bits per heavy atom. The monoisotopic (exact) mass is 559 g/mol. The first-order valence-electron chi connectivity index (χ1n) is 12.1. The van der Waals surface area contributed by atoms with Crippen LogP contribution in [0.25, 0.3) is 0 Å². The maximum atomic E-state index is 13.9. The Balaban J connectivity index is 2.04. The van der Waals surface area contributed by atoms with Gasteiger partial charge in [-0.3, -0.25) is 4.79 Å². The van der Waals surface area contributed by atoms with E-state index >= 15 is 0 Å². The SMILES string of the molecule is CC(C)[C@H](OC(=O)C[C@H](C)[C@H](NC(=O)OCc1ccccc1)C(C)C)C(=O)Oc1c(F)c(F)c(F)c(F)c1F. The largest absolute Gasteiger partial charge is 0.450 e. The molecular weight excluding hydrogens is 529 g/mol. The van der Waals surface area contributed by atoms with E-state index in [9.17, 15) is 36.3 Å². The van der Waals surface area contributed by atoms with Crippen molar-refractivity contribution in [1.29, 1.82) is 0 Å². The number of hydrogen-bond donors (Lipinski definition) is 1. The molecule has 3 atom stereocenters.